The van der Waals surface area contributed by atoms with Gasteiger partial charge in [0.1, 0.15) is 5.82 Å². The Labute approximate surface area is 129 Å². The van der Waals surface area contributed by atoms with Gasteiger partial charge in [-0.3, -0.25) is 9.59 Å². The molecule has 6 heteroatoms. The van der Waals surface area contributed by atoms with Crippen LogP contribution < -0.4 is 5.32 Å². The average Bonchev–Trinajstić information content (AvgIpc) is 2.91. The second-order valence-corrected chi connectivity index (χ2v) is 5.44. The Bertz CT molecular complexity index is 519. The summed E-state index contributed by atoms with van der Waals surface area (Å²) < 4.78 is 12.9. The fourth-order valence-electron chi connectivity index (χ4n) is 2.57. The van der Waals surface area contributed by atoms with Gasteiger partial charge in [-0.25, -0.2) is 4.39 Å². The summed E-state index contributed by atoms with van der Waals surface area (Å²) in [6.07, 6.45) is 2.38. The highest BCUT2D eigenvalue weighted by Crippen LogP contribution is 2.14. The summed E-state index contributed by atoms with van der Waals surface area (Å²) in [7, 11) is 0. The van der Waals surface area contributed by atoms with E-state index >= 15 is 0 Å². The van der Waals surface area contributed by atoms with Gasteiger partial charge in [0.2, 0.25) is 11.8 Å². The van der Waals surface area contributed by atoms with Crippen LogP contribution in [0.3, 0.4) is 0 Å². The Morgan fingerprint density at radius 2 is 2.09 bits per heavy atom. The van der Waals surface area contributed by atoms with Crippen LogP contribution in [0.25, 0.3) is 0 Å². The van der Waals surface area contributed by atoms with Crippen LogP contribution in [0.4, 0.5) is 4.39 Å². The van der Waals surface area contributed by atoms with Crippen LogP contribution >= 0.6 is 0 Å². The van der Waals surface area contributed by atoms with E-state index in [-0.39, 0.29) is 24.2 Å². The lowest BCUT2D eigenvalue weighted by molar-refractivity contribution is -0.128. The third-order valence-electron chi connectivity index (χ3n) is 3.79. The van der Waals surface area contributed by atoms with Crippen molar-refractivity contribution >= 4 is 11.8 Å². The first-order chi connectivity index (χ1) is 10.6. The van der Waals surface area contributed by atoms with Gasteiger partial charge in [0, 0.05) is 25.9 Å². The second-order valence-electron chi connectivity index (χ2n) is 5.44. The van der Waals surface area contributed by atoms with Crippen LogP contribution in [0, 0.1) is 5.82 Å². The summed E-state index contributed by atoms with van der Waals surface area (Å²) in [5.74, 6) is -0.392. The number of aliphatic hydroxyl groups is 1. The van der Waals surface area contributed by atoms with E-state index in [1.165, 1.54) is 12.1 Å². The van der Waals surface area contributed by atoms with Crippen molar-refractivity contribution in [3.8, 4) is 0 Å². The van der Waals surface area contributed by atoms with Gasteiger partial charge in [-0.1, -0.05) is 12.1 Å². The molecule has 2 N–H and O–H groups in total. The molecule has 0 aliphatic carbocycles. The normalized spacial score (nSPS) is 15.9. The van der Waals surface area contributed by atoms with Crippen molar-refractivity contribution in [1.29, 1.82) is 0 Å². The van der Waals surface area contributed by atoms with Gasteiger partial charge in [0.25, 0.3) is 0 Å². The topological polar surface area (TPSA) is 69.6 Å². The van der Waals surface area contributed by atoms with E-state index in [2.05, 4.69) is 5.32 Å². The third kappa shape index (κ3) is 4.53. The van der Waals surface area contributed by atoms with Gasteiger partial charge < -0.3 is 15.3 Å². The van der Waals surface area contributed by atoms with E-state index in [1.807, 2.05) is 0 Å². The van der Waals surface area contributed by atoms with Crippen LogP contribution in [0.2, 0.25) is 0 Å². The van der Waals surface area contributed by atoms with E-state index in [1.54, 1.807) is 17.0 Å². The highest BCUT2D eigenvalue weighted by atomic mass is 19.1. The maximum atomic E-state index is 12.9. The molecule has 1 aliphatic rings. The zero-order valence-electron chi connectivity index (χ0n) is 12.4. The van der Waals surface area contributed by atoms with Gasteiger partial charge in [0.05, 0.1) is 12.6 Å². The van der Waals surface area contributed by atoms with Crippen molar-refractivity contribution in [2.45, 2.75) is 31.7 Å². The van der Waals surface area contributed by atoms with Gasteiger partial charge >= 0.3 is 0 Å². The van der Waals surface area contributed by atoms with Crippen molar-refractivity contribution in [1.82, 2.24) is 10.2 Å². The number of hydrogen-bond acceptors (Lipinski definition) is 3. The minimum Gasteiger partial charge on any atom is -0.394 e. The molecule has 2 amide bonds. The monoisotopic (exact) mass is 308 g/mol. The minimum atomic E-state index is -0.540. The number of carbonyl (C=O) groups is 2. The number of likely N-dealkylation sites (tertiary alicyclic amines) is 1. The molecule has 5 nitrogen and oxygen atoms in total. The maximum Gasteiger partial charge on any atom is 0.222 e. The second kappa shape index (κ2) is 7.89. The lowest BCUT2D eigenvalue weighted by atomic mass is 10.1. The molecule has 1 heterocycles. The molecule has 22 heavy (non-hydrogen) atoms. The smallest absolute Gasteiger partial charge is 0.222 e. The molecule has 0 radical (unpaired) electrons. The summed E-state index contributed by atoms with van der Waals surface area (Å²) in [6.45, 7) is 1.11. The number of nitrogens with zero attached hydrogens (tertiary/aromatic N) is 1. The number of nitrogens with one attached hydrogen (secondary N) is 1. The van der Waals surface area contributed by atoms with E-state index in [4.69, 9.17) is 0 Å². The lowest BCUT2D eigenvalue weighted by Gasteiger charge is -2.18. The fourth-order valence-corrected chi connectivity index (χ4v) is 2.57. The minimum absolute atomic E-state index is 0.153. The van der Waals surface area contributed by atoms with Crippen molar-refractivity contribution < 1.29 is 19.1 Å². The first kappa shape index (κ1) is 16.4. The molecule has 1 aromatic carbocycles. The zero-order valence-corrected chi connectivity index (χ0v) is 12.4. The molecule has 0 aromatic heterocycles. The summed E-state index contributed by atoms with van der Waals surface area (Å²) in [5.41, 5.74) is 0.659. The van der Waals surface area contributed by atoms with Crippen molar-refractivity contribution in [2.75, 3.05) is 19.7 Å². The van der Waals surface area contributed by atoms with Crippen LogP contribution in [0.5, 0.6) is 0 Å². The van der Waals surface area contributed by atoms with E-state index in [0.717, 1.165) is 13.0 Å². The fraction of sp³-hybridized carbons (Fsp3) is 0.500. The lowest BCUT2D eigenvalue weighted by Crippen LogP contribution is -2.32. The zero-order chi connectivity index (χ0) is 15.9. The third-order valence-corrected chi connectivity index (χ3v) is 3.79. The van der Waals surface area contributed by atoms with Gasteiger partial charge in [-0.05, 0) is 30.5 Å². The molecule has 0 spiro atoms. The molecule has 1 unspecified atom stereocenters. The summed E-state index contributed by atoms with van der Waals surface area (Å²) in [4.78, 5) is 25.1. The van der Waals surface area contributed by atoms with Gasteiger partial charge in [0.15, 0.2) is 0 Å². The molecular weight excluding hydrogens is 287 g/mol. The molecule has 0 saturated carbocycles. The van der Waals surface area contributed by atoms with E-state index in [0.29, 0.717) is 31.4 Å². The average molecular weight is 308 g/mol. The van der Waals surface area contributed by atoms with Crippen LogP contribution in [-0.4, -0.2) is 41.5 Å². The first-order valence-electron chi connectivity index (χ1n) is 7.53. The first-order valence-corrected chi connectivity index (χ1v) is 7.53. The molecule has 2 rings (SSSR count). The predicted molar refractivity (Wildman–Crippen MR) is 79.4 cm³/mol. The molecule has 1 saturated heterocycles. The van der Waals surface area contributed by atoms with Gasteiger partial charge in [-0.2, -0.15) is 0 Å². The Hall–Kier alpha value is -1.95. The molecule has 1 atom stereocenters. The Balaban J connectivity index is 1.77. The Kier molecular flexibility index (Phi) is 5.89. The summed E-state index contributed by atoms with van der Waals surface area (Å²) >= 11 is 0. The maximum absolute atomic E-state index is 12.9. The highest BCUT2D eigenvalue weighted by Gasteiger charge is 2.20. The number of amides is 2. The number of aliphatic hydroxyl groups excluding tert-OH is 1. The Morgan fingerprint density at radius 1 is 1.36 bits per heavy atom. The SMILES string of the molecule is O=C(CCCN1CCCC1=O)NC(CO)c1ccc(F)cc1. The highest BCUT2D eigenvalue weighted by molar-refractivity contribution is 5.78. The standard InChI is InChI=1S/C16H21FN2O3/c17-13-7-5-12(6-8-13)14(11-20)18-15(21)3-1-9-19-10-2-4-16(19)22/h5-8,14,20H,1-4,9-11H2,(H,18,21). The van der Waals surface area contributed by atoms with Gasteiger partial charge in [-0.15, -0.1) is 0 Å². The van der Waals surface area contributed by atoms with E-state index < -0.39 is 6.04 Å². The molecule has 1 fully saturated rings. The number of carbonyl (C=O) groups excluding carboxylic acids is 2. The molecule has 120 valence electrons. The predicted octanol–water partition coefficient (Wildman–Crippen LogP) is 1.38. The summed E-state index contributed by atoms with van der Waals surface area (Å²) in [5, 5.41) is 12.1. The quantitative estimate of drug-likeness (QED) is 0.799. The largest absolute Gasteiger partial charge is 0.394 e. The summed E-state index contributed by atoms with van der Waals surface area (Å²) in [6, 6.07) is 5.13. The number of benzene rings is 1. The van der Waals surface area contributed by atoms with Crippen molar-refractivity contribution in [2.24, 2.45) is 0 Å². The Morgan fingerprint density at radius 3 is 2.68 bits per heavy atom. The van der Waals surface area contributed by atoms with Crippen LogP contribution in [0.15, 0.2) is 24.3 Å². The molecule has 0 bridgehead atoms. The van der Waals surface area contributed by atoms with Crippen molar-refractivity contribution in [3.63, 3.8) is 0 Å². The van der Waals surface area contributed by atoms with E-state index in [9.17, 15) is 19.1 Å². The molecular formula is C16H21FN2O3. The van der Waals surface area contributed by atoms with Crippen molar-refractivity contribution in [3.05, 3.63) is 35.6 Å². The molecule has 1 aromatic rings. The molecule has 1 aliphatic heterocycles. The number of hydrogen-bond donors (Lipinski definition) is 2. The van der Waals surface area contributed by atoms with Crippen LogP contribution in [-0.2, 0) is 9.59 Å². The number of rotatable bonds is 7. The number of halogens is 1. The van der Waals surface area contributed by atoms with Crippen LogP contribution in [0.1, 0.15) is 37.3 Å².